The van der Waals surface area contributed by atoms with Crippen LogP contribution >= 0.6 is 0 Å². The second-order valence-corrected chi connectivity index (χ2v) is 6.52. The number of ether oxygens (including phenoxy) is 3. The highest BCUT2D eigenvalue weighted by Gasteiger charge is 2.46. The number of benzene rings is 1. The van der Waals surface area contributed by atoms with E-state index >= 15 is 0 Å². The van der Waals surface area contributed by atoms with Gasteiger partial charge in [0, 0.05) is 0 Å². The van der Waals surface area contributed by atoms with E-state index in [2.05, 4.69) is 13.8 Å². The standard InChI is InChI=1S/C20H27NO4/c1-3-5-7-16-9-11-17(12-10-16)25-19(22)20(13-21)14-23-18(24-15-20)8-6-4-2/h9-12,18H,3-8,14-15H2,1-2H3. The lowest BCUT2D eigenvalue weighted by Gasteiger charge is -2.33. The number of nitriles is 1. The van der Waals surface area contributed by atoms with Crippen LogP contribution in [0.25, 0.3) is 0 Å². The van der Waals surface area contributed by atoms with Gasteiger partial charge in [0.25, 0.3) is 0 Å². The van der Waals surface area contributed by atoms with Gasteiger partial charge in [0.1, 0.15) is 5.75 Å². The first-order chi connectivity index (χ1) is 12.1. The Kier molecular flexibility index (Phi) is 7.42. The summed E-state index contributed by atoms with van der Waals surface area (Å²) in [4.78, 5) is 12.5. The predicted octanol–water partition coefficient (Wildman–Crippen LogP) is 4.01. The lowest BCUT2D eigenvalue weighted by Crippen LogP contribution is -2.48. The molecule has 0 aliphatic carbocycles. The third kappa shape index (κ3) is 5.29. The molecule has 1 aromatic carbocycles. The van der Waals surface area contributed by atoms with Crippen molar-refractivity contribution in [1.82, 2.24) is 0 Å². The van der Waals surface area contributed by atoms with Crippen LogP contribution in [-0.2, 0) is 20.7 Å². The summed E-state index contributed by atoms with van der Waals surface area (Å²) >= 11 is 0. The molecular formula is C20H27NO4. The fourth-order valence-electron chi connectivity index (χ4n) is 2.64. The van der Waals surface area contributed by atoms with E-state index in [-0.39, 0.29) is 19.5 Å². The molecule has 25 heavy (non-hydrogen) atoms. The number of rotatable bonds is 8. The molecule has 1 aromatic rings. The largest absolute Gasteiger partial charge is 0.425 e. The number of unbranched alkanes of at least 4 members (excludes halogenated alkanes) is 2. The zero-order chi connectivity index (χ0) is 18.1. The van der Waals surface area contributed by atoms with Crippen LogP contribution in [0.5, 0.6) is 5.75 Å². The van der Waals surface area contributed by atoms with Gasteiger partial charge >= 0.3 is 5.97 Å². The van der Waals surface area contributed by atoms with E-state index in [4.69, 9.17) is 14.2 Å². The molecule has 5 nitrogen and oxygen atoms in total. The van der Waals surface area contributed by atoms with E-state index < -0.39 is 11.4 Å². The highest BCUT2D eigenvalue weighted by atomic mass is 16.7. The SMILES string of the molecule is CCCCc1ccc(OC(=O)C2(C#N)COC(CCCC)OC2)cc1. The molecule has 2 rings (SSSR count). The summed E-state index contributed by atoms with van der Waals surface area (Å²) in [6, 6.07) is 9.46. The van der Waals surface area contributed by atoms with Crippen molar-refractivity contribution in [2.45, 2.75) is 58.7 Å². The van der Waals surface area contributed by atoms with E-state index in [1.54, 1.807) is 12.1 Å². The molecule has 0 aromatic heterocycles. The minimum absolute atomic E-state index is 0.00526. The van der Waals surface area contributed by atoms with Crippen molar-refractivity contribution in [3.05, 3.63) is 29.8 Å². The first-order valence-electron chi connectivity index (χ1n) is 9.09. The van der Waals surface area contributed by atoms with Crippen molar-refractivity contribution < 1.29 is 19.0 Å². The molecule has 1 aliphatic heterocycles. The van der Waals surface area contributed by atoms with Crippen LogP contribution in [0.15, 0.2) is 24.3 Å². The predicted molar refractivity (Wildman–Crippen MR) is 94.0 cm³/mol. The number of esters is 1. The summed E-state index contributed by atoms with van der Waals surface area (Å²) in [6.45, 7) is 4.25. The maximum absolute atomic E-state index is 12.5. The molecule has 0 N–H and O–H groups in total. The van der Waals surface area contributed by atoms with Gasteiger partial charge in [-0.25, -0.2) is 4.79 Å². The van der Waals surface area contributed by atoms with E-state index in [1.807, 2.05) is 18.2 Å². The Morgan fingerprint density at radius 1 is 1.20 bits per heavy atom. The fraction of sp³-hybridized carbons (Fsp3) is 0.600. The zero-order valence-electron chi connectivity index (χ0n) is 15.1. The second-order valence-electron chi connectivity index (χ2n) is 6.52. The molecule has 1 fully saturated rings. The minimum Gasteiger partial charge on any atom is -0.425 e. The summed E-state index contributed by atoms with van der Waals surface area (Å²) in [6.07, 6.45) is 5.74. The Labute approximate surface area is 149 Å². The molecule has 5 heteroatoms. The Bertz CT molecular complexity index is 583. The maximum Gasteiger partial charge on any atom is 0.336 e. The molecule has 1 heterocycles. The van der Waals surface area contributed by atoms with Gasteiger partial charge in [0.05, 0.1) is 19.3 Å². The summed E-state index contributed by atoms with van der Waals surface area (Å²) in [5.74, 6) is -0.182. The van der Waals surface area contributed by atoms with E-state index in [9.17, 15) is 10.1 Å². The monoisotopic (exact) mass is 345 g/mol. The average molecular weight is 345 g/mol. The van der Waals surface area contributed by atoms with E-state index in [0.29, 0.717) is 5.75 Å². The highest BCUT2D eigenvalue weighted by molar-refractivity contribution is 5.82. The van der Waals surface area contributed by atoms with Crippen molar-refractivity contribution in [1.29, 1.82) is 5.26 Å². The van der Waals surface area contributed by atoms with Gasteiger partial charge < -0.3 is 14.2 Å². The zero-order valence-corrected chi connectivity index (χ0v) is 15.1. The van der Waals surface area contributed by atoms with Crippen LogP contribution in [-0.4, -0.2) is 25.5 Å². The molecule has 0 amide bonds. The first-order valence-corrected chi connectivity index (χ1v) is 9.09. The molecule has 136 valence electrons. The van der Waals surface area contributed by atoms with Crippen LogP contribution in [0.3, 0.4) is 0 Å². The number of carbonyl (C=O) groups excluding carboxylic acids is 1. The van der Waals surface area contributed by atoms with Crippen LogP contribution < -0.4 is 4.74 Å². The lowest BCUT2D eigenvalue weighted by molar-refractivity contribution is -0.223. The van der Waals surface area contributed by atoms with Crippen LogP contribution in [0.2, 0.25) is 0 Å². The third-order valence-corrected chi connectivity index (χ3v) is 4.38. The van der Waals surface area contributed by atoms with Crippen molar-refractivity contribution in [3.63, 3.8) is 0 Å². The van der Waals surface area contributed by atoms with Crippen LogP contribution in [0.4, 0.5) is 0 Å². The van der Waals surface area contributed by atoms with Gasteiger partial charge in [-0.1, -0.05) is 38.8 Å². The van der Waals surface area contributed by atoms with Gasteiger partial charge in [-0.05, 0) is 43.4 Å². The molecule has 0 radical (unpaired) electrons. The number of aryl methyl sites for hydroxylation is 1. The van der Waals surface area contributed by atoms with Crippen molar-refractivity contribution in [2.75, 3.05) is 13.2 Å². The average Bonchev–Trinajstić information content (AvgIpc) is 2.66. The molecule has 0 saturated carbocycles. The molecule has 0 atom stereocenters. The number of hydrogen-bond donors (Lipinski definition) is 0. The summed E-state index contributed by atoms with van der Waals surface area (Å²) < 4.78 is 16.5. The van der Waals surface area contributed by atoms with Gasteiger partial charge in [-0.15, -0.1) is 0 Å². The number of hydrogen-bond acceptors (Lipinski definition) is 5. The first kappa shape index (κ1) is 19.4. The number of nitrogens with zero attached hydrogens (tertiary/aromatic N) is 1. The molecule has 0 spiro atoms. The molecule has 1 saturated heterocycles. The smallest absolute Gasteiger partial charge is 0.336 e. The van der Waals surface area contributed by atoms with Crippen LogP contribution in [0.1, 0.15) is 51.5 Å². The fourth-order valence-corrected chi connectivity index (χ4v) is 2.64. The summed E-state index contributed by atoms with van der Waals surface area (Å²) in [7, 11) is 0. The maximum atomic E-state index is 12.5. The van der Waals surface area contributed by atoms with E-state index in [0.717, 1.165) is 38.5 Å². The summed E-state index contributed by atoms with van der Waals surface area (Å²) in [5.41, 5.74) is -0.191. The minimum atomic E-state index is -1.40. The molecule has 1 aliphatic rings. The van der Waals surface area contributed by atoms with Crippen molar-refractivity contribution in [3.8, 4) is 11.8 Å². The number of carbonyl (C=O) groups is 1. The Hall–Kier alpha value is -1.90. The quantitative estimate of drug-likeness (QED) is 0.526. The molecule has 0 bridgehead atoms. The Balaban J connectivity index is 1.93. The molecule has 0 unspecified atom stereocenters. The Morgan fingerprint density at radius 2 is 1.84 bits per heavy atom. The van der Waals surface area contributed by atoms with Gasteiger partial charge in [-0.2, -0.15) is 5.26 Å². The van der Waals surface area contributed by atoms with Gasteiger partial charge in [0.15, 0.2) is 6.29 Å². The second kappa shape index (κ2) is 9.55. The normalized spacial score (nSPS) is 23.0. The lowest BCUT2D eigenvalue weighted by atomic mass is 9.91. The Morgan fingerprint density at radius 3 is 2.40 bits per heavy atom. The van der Waals surface area contributed by atoms with Crippen molar-refractivity contribution >= 4 is 5.97 Å². The molecular weight excluding hydrogens is 318 g/mol. The highest BCUT2D eigenvalue weighted by Crippen LogP contribution is 2.28. The van der Waals surface area contributed by atoms with Gasteiger partial charge in [0.2, 0.25) is 5.41 Å². The summed E-state index contributed by atoms with van der Waals surface area (Å²) in [5, 5.41) is 9.48. The van der Waals surface area contributed by atoms with E-state index in [1.165, 1.54) is 5.56 Å². The van der Waals surface area contributed by atoms with Gasteiger partial charge in [-0.3, -0.25) is 0 Å². The topological polar surface area (TPSA) is 68.6 Å². The third-order valence-electron chi connectivity index (χ3n) is 4.38. The van der Waals surface area contributed by atoms with Crippen molar-refractivity contribution in [2.24, 2.45) is 5.41 Å². The van der Waals surface area contributed by atoms with Crippen LogP contribution in [0, 0.1) is 16.7 Å².